The molecule has 0 fully saturated rings. The summed E-state index contributed by atoms with van der Waals surface area (Å²) in [4.78, 5) is 16.9. The summed E-state index contributed by atoms with van der Waals surface area (Å²) in [6.45, 7) is 2.25. The second-order valence-electron chi connectivity index (χ2n) is 11.0. The largest absolute Gasteiger partial charge is 0.456 e. The van der Waals surface area contributed by atoms with Gasteiger partial charge in [-0.2, -0.15) is 19.0 Å². The number of halogens is 5. The number of pyridine rings is 1. The van der Waals surface area contributed by atoms with E-state index in [1.54, 1.807) is 49.8 Å². The van der Waals surface area contributed by atoms with Gasteiger partial charge in [0.15, 0.2) is 5.82 Å². The number of aromatic nitrogens is 5. The van der Waals surface area contributed by atoms with Crippen molar-refractivity contribution in [3.05, 3.63) is 107 Å². The van der Waals surface area contributed by atoms with Crippen LogP contribution in [0.2, 0.25) is 5.02 Å². The summed E-state index contributed by atoms with van der Waals surface area (Å²) in [6, 6.07) is 11.0. The van der Waals surface area contributed by atoms with Crippen LogP contribution in [0.15, 0.2) is 73.3 Å². The van der Waals surface area contributed by atoms with E-state index in [0.29, 0.717) is 32.8 Å². The van der Waals surface area contributed by atoms with Crippen molar-refractivity contribution in [1.29, 1.82) is 0 Å². The number of alkyl halides is 2. The fourth-order valence-corrected chi connectivity index (χ4v) is 4.74. The first-order chi connectivity index (χ1) is 20.8. The maximum Gasteiger partial charge on any atom is 0.341 e. The fraction of sp³-hybridized carbons (Fsp3) is 0.226. The first kappa shape index (κ1) is 30.7. The predicted octanol–water partition coefficient (Wildman–Crippen LogP) is 7.50. The van der Waals surface area contributed by atoms with E-state index in [2.05, 4.69) is 15.2 Å². The Labute approximate surface area is 255 Å². The van der Waals surface area contributed by atoms with E-state index in [1.165, 1.54) is 48.9 Å². The quantitative estimate of drug-likeness (QED) is 0.109. The molecule has 2 N–H and O–H groups in total. The molecule has 44 heavy (non-hydrogen) atoms. The van der Waals surface area contributed by atoms with Gasteiger partial charge in [0.25, 0.3) is 0 Å². The van der Waals surface area contributed by atoms with Crippen molar-refractivity contribution < 1.29 is 27.1 Å². The molecule has 228 valence electrons. The number of hydrogen-bond acceptors (Lipinski definition) is 6. The van der Waals surface area contributed by atoms with Crippen molar-refractivity contribution in [1.82, 2.24) is 24.5 Å². The summed E-state index contributed by atoms with van der Waals surface area (Å²) in [7, 11) is 0. The van der Waals surface area contributed by atoms with Crippen molar-refractivity contribution >= 4 is 23.3 Å². The normalized spacial score (nSPS) is 12.5. The Balaban J connectivity index is 1.49. The number of nitrogens with two attached hydrogens (primary N) is 1. The average Bonchev–Trinajstić information content (AvgIpc) is 3.64. The van der Waals surface area contributed by atoms with Crippen LogP contribution in [0, 0.1) is 11.6 Å². The van der Waals surface area contributed by atoms with Gasteiger partial charge in [-0.3, -0.25) is 9.67 Å². The number of benzene rings is 2. The summed E-state index contributed by atoms with van der Waals surface area (Å²) in [5.41, 5.74) is 7.43. The van der Waals surface area contributed by atoms with Crippen molar-refractivity contribution in [2.75, 3.05) is 5.73 Å². The van der Waals surface area contributed by atoms with Crippen molar-refractivity contribution in [2.24, 2.45) is 0 Å². The number of hydrogen-bond donors (Lipinski definition) is 1. The zero-order chi connectivity index (χ0) is 31.8. The van der Waals surface area contributed by atoms with Gasteiger partial charge in [-0.15, -0.1) is 0 Å². The molecule has 0 spiro atoms. The van der Waals surface area contributed by atoms with E-state index in [-0.39, 0.29) is 28.3 Å². The second kappa shape index (κ2) is 12.1. The molecule has 0 bridgehead atoms. The molecule has 0 aliphatic carbocycles. The van der Waals surface area contributed by atoms with Crippen LogP contribution in [0.1, 0.15) is 55.1 Å². The summed E-state index contributed by atoms with van der Waals surface area (Å²) >= 11 is 5.95. The molecule has 0 saturated carbocycles. The molecular formula is C31H27ClF4N6O2. The lowest BCUT2D eigenvalue weighted by atomic mass is 10.0. The highest BCUT2D eigenvalue weighted by Gasteiger charge is 2.23. The van der Waals surface area contributed by atoms with Gasteiger partial charge < -0.3 is 10.5 Å². The van der Waals surface area contributed by atoms with Crippen LogP contribution in [-0.2, 0) is 11.2 Å². The van der Waals surface area contributed by atoms with Gasteiger partial charge in [0.1, 0.15) is 11.4 Å². The maximum atomic E-state index is 15.0. The molecular weight excluding hydrogens is 600 g/mol. The Morgan fingerprint density at radius 1 is 1.00 bits per heavy atom. The van der Waals surface area contributed by atoms with Gasteiger partial charge in [-0.1, -0.05) is 23.7 Å². The molecule has 8 nitrogen and oxygen atoms in total. The molecule has 0 aliphatic heterocycles. The van der Waals surface area contributed by atoms with Crippen LogP contribution >= 0.6 is 11.6 Å². The standard InChI is InChI=1S/C31H27ClF4N6O2/c1-31(2,3)44-29(43)21-6-4-17(12-23(21)33)19-15-39-42(16-19)26(13-20-10-11-41(40-20)30(35)36)25-9-5-18(14-38-25)27-24(37)8-7-22(32)28(27)34/h4-12,14-16,26,30H,13,37H2,1-3H3. The van der Waals surface area contributed by atoms with Crippen LogP contribution in [0.4, 0.5) is 23.2 Å². The lowest BCUT2D eigenvalue weighted by Crippen LogP contribution is -2.24. The number of nitrogen functional groups attached to an aromatic ring is 1. The van der Waals surface area contributed by atoms with E-state index in [1.807, 2.05) is 0 Å². The van der Waals surface area contributed by atoms with Gasteiger partial charge in [-0.05, 0) is 62.7 Å². The highest BCUT2D eigenvalue weighted by Crippen LogP contribution is 2.34. The van der Waals surface area contributed by atoms with Gasteiger partial charge in [0.2, 0.25) is 0 Å². The molecule has 5 rings (SSSR count). The number of carbonyl (C=O) groups excluding carboxylic acids is 1. The minimum Gasteiger partial charge on any atom is -0.456 e. The number of nitrogens with zero attached hydrogens (tertiary/aromatic N) is 5. The lowest BCUT2D eigenvalue weighted by Gasteiger charge is -2.19. The zero-order valence-corrected chi connectivity index (χ0v) is 24.6. The van der Waals surface area contributed by atoms with Gasteiger partial charge in [0.05, 0.1) is 34.2 Å². The maximum absolute atomic E-state index is 15.0. The van der Waals surface area contributed by atoms with Crippen LogP contribution < -0.4 is 5.73 Å². The van der Waals surface area contributed by atoms with Crippen LogP contribution in [0.5, 0.6) is 0 Å². The zero-order valence-electron chi connectivity index (χ0n) is 23.8. The molecule has 0 saturated heterocycles. The molecule has 13 heteroatoms. The molecule has 0 aliphatic rings. The number of esters is 1. The van der Waals surface area contributed by atoms with Gasteiger partial charge >= 0.3 is 12.5 Å². The highest BCUT2D eigenvalue weighted by atomic mass is 35.5. The molecule has 0 radical (unpaired) electrons. The monoisotopic (exact) mass is 626 g/mol. The molecule has 1 unspecified atom stereocenters. The Kier molecular flexibility index (Phi) is 8.46. The van der Waals surface area contributed by atoms with Crippen molar-refractivity contribution in [3.8, 4) is 22.3 Å². The molecule has 5 aromatic rings. The minimum atomic E-state index is -2.81. The summed E-state index contributed by atoms with van der Waals surface area (Å²) in [6.07, 6.45) is 5.86. The third-order valence-electron chi connectivity index (χ3n) is 6.65. The highest BCUT2D eigenvalue weighted by molar-refractivity contribution is 6.31. The Bertz CT molecular complexity index is 1810. The topological polar surface area (TPSA) is 101 Å². The Hall–Kier alpha value is -4.71. The number of rotatable bonds is 8. The molecule has 3 aromatic heterocycles. The molecule has 0 amide bonds. The third-order valence-corrected chi connectivity index (χ3v) is 6.94. The van der Waals surface area contributed by atoms with E-state index in [4.69, 9.17) is 22.1 Å². The molecule has 1 atom stereocenters. The molecule has 3 heterocycles. The predicted molar refractivity (Wildman–Crippen MR) is 157 cm³/mol. The van der Waals surface area contributed by atoms with Crippen LogP contribution in [0.25, 0.3) is 22.3 Å². The van der Waals surface area contributed by atoms with E-state index in [9.17, 15) is 22.4 Å². The van der Waals surface area contributed by atoms with Crippen molar-refractivity contribution in [2.45, 2.75) is 45.4 Å². The van der Waals surface area contributed by atoms with Gasteiger partial charge in [-0.25, -0.2) is 18.3 Å². The number of ether oxygens (including phenoxy) is 1. The van der Waals surface area contributed by atoms with E-state index >= 15 is 0 Å². The van der Waals surface area contributed by atoms with E-state index < -0.39 is 35.8 Å². The lowest BCUT2D eigenvalue weighted by molar-refractivity contribution is 0.00646. The smallest absolute Gasteiger partial charge is 0.341 e. The SMILES string of the molecule is CC(C)(C)OC(=O)c1ccc(-c2cnn(C(Cc3ccn(C(F)F)n3)c3ccc(-c4c(N)ccc(Cl)c4F)cn3)c2)cc1F. The summed E-state index contributed by atoms with van der Waals surface area (Å²) < 4.78 is 63.5. The first-order valence-corrected chi connectivity index (χ1v) is 13.8. The third kappa shape index (κ3) is 6.60. The average molecular weight is 627 g/mol. The van der Waals surface area contributed by atoms with Gasteiger partial charge in [0, 0.05) is 47.4 Å². The van der Waals surface area contributed by atoms with Crippen LogP contribution in [0.3, 0.4) is 0 Å². The summed E-state index contributed by atoms with van der Waals surface area (Å²) in [5, 5.41) is 8.30. The minimum absolute atomic E-state index is 0.0922. The van der Waals surface area contributed by atoms with E-state index in [0.717, 1.165) is 0 Å². The number of carbonyl (C=O) groups is 1. The first-order valence-electron chi connectivity index (χ1n) is 13.4. The fourth-order valence-electron chi connectivity index (χ4n) is 4.59. The number of anilines is 1. The van der Waals surface area contributed by atoms with Crippen LogP contribution in [-0.4, -0.2) is 36.1 Å². The molecule has 2 aromatic carbocycles. The van der Waals surface area contributed by atoms with Crippen molar-refractivity contribution in [3.63, 3.8) is 0 Å². The second-order valence-corrected chi connectivity index (χ2v) is 11.4. The Morgan fingerprint density at radius 2 is 1.75 bits per heavy atom. The summed E-state index contributed by atoms with van der Waals surface area (Å²) in [5.74, 6) is -2.23. The Morgan fingerprint density at radius 3 is 2.39 bits per heavy atom.